The van der Waals surface area contributed by atoms with Crippen molar-refractivity contribution in [1.82, 2.24) is 14.2 Å². The average Bonchev–Trinajstić information content (AvgIpc) is 3.78. The van der Waals surface area contributed by atoms with E-state index in [0.717, 1.165) is 24.9 Å². The number of aliphatic hydroxyl groups is 1. The Bertz CT molecular complexity index is 1700. The van der Waals surface area contributed by atoms with Crippen LogP contribution in [0.5, 0.6) is 0 Å². The van der Waals surface area contributed by atoms with Crippen molar-refractivity contribution < 1.29 is 38.0 Å². The lowest BCUT2D eigenvalue weighted by Crippen LogP contribution is -2.41. The van der Waals surface area contributed by atoms with Gasteiger partial charge in [0.25, 0.3) is 14.4 Å². The van der Waals surface area contributed by atoms with Gasteiger partial charge in [0.05, 0.1) is 18.1 Å². The summed E-state index contributed by atoms with van der Waals surface area (Å²) in [7, 11) is -1.65. The van der Waals surface area contributed by atoms with E-state index in [1.165, 1.54) is 10.8 Å². The molecule has 0 spiro atoms. The highest BCUT2D eigenvalue weighted by atomic mass is 31.2. The number of hydrogen-bond donors (Lipinski definition) is 2. The fourth-order valence-electron chi connectivity index (χ4n) is 6.39. The van der Waals surface area contributed by atoms with E-state index in [-0.39, 0.29) is 11.9 Å². The van der Waals surface area contributed by atoms with Crippen molar-refractivity contribution in [3.8, 4) is 0 Å². The van der Waals surface area contributed by atoms with E-state index in [1.807, 2.05) is 30.3 Å². The lowest BCUT2D eigenvalue weighted by molar-refractivity contribution is -0.178. The monoisotopic (exact) mass is 694 g/mol. The van der Waals surface area contributed by atoms with Crippen molar-refractivity contribution in [3.05, 3.63) is 94.0 Å². The van der Waals surface area contributed by atoms with Crippen LogP contribution in [0.25, 0.3) is 0 Å². The smallest absolute Gasteiger partial charge is 0.351 e. The lowest BCUT2D eigenvalue weighted by atomic mass is 9.87. The van der Waals surface area contributed by atoms with Crippen molar-refractivity contribution >= 4 is 26.2 Å². The van der Waals surface area contributed by atoms with Crippen LogP contribution in [0.1, 0.15) is 68.2 Å². The molecule has 3 aliphatic rings. The van der Waals surface area contributed by atoms with Gasteiger partial charge in [-0.25, -0.2) is 9.46 Å². The molecular formula is C35H43N4O9P. The van der Waals surface area contributed by atoms with Crippen molar-refractivity contribution in [3.63, 3.8) is 0 Å². The van der Waals surface area contributed by atoms with Crippen LogP contribution in [0.2, 0.25) is 0 Å². The Balaban J connectivity index is 1.29. The summed E-state index contributed by atoms with van der Waals surface area (Å²) in [5.41, 5.74) is -0.199. The molecule has 13 nitrogen and oxygen atoms in total. The molecule has 1 amide bonds. The molecule has 3 saturated heterocycles. The van der Waals surface area contributed by atoms with Gasteiger partial charge in [0, 0.05) is 23.9 Å². The summed E-state index contributed by atoms with van der Waals surface area (Å²) in [6, 6.07) is 18.7. The summed E-state index contributed by atoms with van der Waals surface area (Å²) in [6.45, 7) is 8.83. The molecule has 0 bridgehead atoms. The number of hydrogen-bond acceptors (Lipinski definition) is 11. The first-order valence-electron chi connectivity index (χ1n) is 16.4. The molecule has 14 heteroatoms. The number of amides is 1. The van der Waals surface area contributed by atoms with Crippen molar-refractivity contribution in [2.75, 3.05) is 25.3 Å². The number of rotatable bonds is 10. The molecule has 49 heavy (non-hydrogen) atoms. The molecule has 3 aliphatic heterocycles. The summed E-state index contributed by atoms with van der Waals surface area (Å²) in [5.74, 6) is -0.795. The third-order valence-electron chi connectivity index (χ3n) is 9.10. The number of carbonyl (C=O) groups is 2. The first-order chi connectivity index (χ1) is 23.4. The van der Waals surface area contributed by atoms with Crippen LogP contribution in [0.3, 0.4) is 0 Å². The number of esters is 1. The number of aliphatic hydroxyl groups excluding tert-OH is 1. The molecule has 0 saturated carbocycles. The number of carbonyl (C=O) groups excluding carboxylic acids is 2. The zero-order chi connectivity index (χ0) is 34.9. The lowest BCUT2D eigenvalue weighted by Gasteiger charge is -2.29. The van der Waals surface area contributed by atoms with Gasteiger partial charge < -0.3 is 33.7 Å². The van der Waals surface area contributed by atoms with Crippen LogP contribution in [-0.4, -0.2) is 75.5 Å². The molecular weight excluding hydrogens is 651 g/mol. The first-order valence-corrected chi connectivity index (χ1v) is 17.5. The van der Waals surface area contributed by atoms with Gasteiger partial charge in [0.2, 0.25) is 0 Å². The van der Waals surface area contributed by atoms with E-state index in [1.54, 1.807) is 58.0 Å². The molecule has 1 unspecified atom stereocenters. The van der Waals surface area contributed by atoms with Crippen LogP contribution < -0.4 is 11.0 Å². The van der Waals surface area contributed by atoms with Crippen LogP contribution in [0, 0.1) is 12.3 Å². The highest BCUT2D eigenvalue weighted by Gasteiger charge is 2.58. The van der Waals surface area contributed by atoms with Gasteiger partial charge in [-0.2, -0.15) is 4.98 Å². The van der Waals surface area contributed by atoms with E-state index >= 15 is 0 Å². The number of ether oxygens (including phenoxy) is 3. The minimum Gasteiger partial charge on any atom is -0.438 e. The maximum atomic E-state index is 13.5. The summed E-state index contributed by atoms with van der Waals surface area (Å²) in [6.07, 6.45) is -0.578. The first kappa shape index (κ1) is 35.3. The van der Waals surface area contributed by atoms with Gasteiger partial charge >= 0.3 is 11.7 Å². The Kier molecular flexibility index (Phi) is 10.3. The standard InChI is InChI=1S/C35H43N4O9P/c1-22-19-38(33(43)37-29(22)36-30(41)23-13-8-6-9-14-23)31-28(44-21-45-32(42)34(2,3)4)27(25(20-40)46-31)47-49-39-18-12-17-26(39)35(5,48-49)24-15-10-7-11-16-24/h6-11,13-16,19,25-28,31,40H,12,17-18,20-21H2,1-5H3,(H,36,37,41,43)/t25-,26+,27?,28+,31-,35-,49+/m1/s1. The minimum absolute atomic E-state index is 0.0759. The molecule has 6 rings (SSSR count). The van der Waals surface area contributed by atoms with Gasteiger partial charge in [-0.15, -0.1) is 0 Å². The number of aryl methyl sites for hydroxylation is 1. The van der Waals surface area contributed by atoms with E-state index in [4.69, 9.17) is 23.3 Å². The quantitative estimate of drug-likeness (QED) is 0.174. The van der Waals surface area contributed by atoms with Crippen molar-refractivity contribution in [1.29, 1.82) is 0 Å². The highest BCUT2D eigenvalue weighted by molar-refractivity contribution is 7.45. The molecule has 0 aliphatic carbocycles. The number of nitrogens with zero attached hydrogens (tertiary/aromatic N) is 3. The number of anilines is 1. The van der Waals surface area contributed by atoms with Gasteiger partial charge in [0.1, 0.15) is 29.7 Å². The van der Waals surface area contributed by atoms with Crippen molar-refractivity contribution in [2.45, 2.75) is 83.6 Å². The number of benzene rings is 2. The Morgan fingerprint density at radius 1 is 1.10 bits per heavy atom. The zero-order valence-electron chi connectivity index (χ0n) is 28.3. The molecule has 262 valence electrons. The fourth-order valence-corrected chi connectivity index (χ4v) is 8.55. The van der Waals surface area contributed by atoms with Crippen LogP contribution in [0.15, 0.2) is 71.7 Å². The zero-order valence-corrected chi connectivity index (χ0v) is 29.2. The average molecular weight is 695 g/mol. The van der Waals surface area contributed by atoms with Gasteiger partial charge in [-0.3, -0.25) is 14.2 Å². The predicted molar refractivity (Wildman–Crippen MR) is 180 cm³/mol. The molecule has 2 N–H and O–H groups in total. The molecule has 3 fully saturated rings. The number of aromatic nitrogens is 2. The molecule has 7 atom stereocenters. The van der Waals surface area contributed by atoms with Gasteiger partial charge in [0.15, 0.2) is 13.0 Å². The molecule has 4 heterocycles. The normalized spacial score (nSPS) is 28.4. The second-order valence-electron chi connectivity index (χ2n) is 13.7. The fraction of sp³-hybridized carbons (Fsp3) is 0.486. The maximum Gasteiger partial charge on any atom is 0.351 e. The molecule has 2 aromatic carbocycles. The van der Waals surface area contributed by atoms with E-state index in [0.29, 0.717) is 11.1 Å². The summed E-state index contributed by atoms with van der Waals surface area (Å²) < 4.78 is 34.8. The van der Waals surface area contributed by atoms with E-state index < -0.39 is 75.0 Å². The largest absolute Gasteiger partial charge is 0.438 e. The Labute approximate surface area is 286 Å². The Morgan fingerprint density at radius 3 is 2.47 bits per heavy atom. The Hall–Kier alpha value is -3.55. The number of nitrogens with one attached hydrogen (secondary N) is 1. The minimum atomic E-state index is -1.65. The third kappa shape index (κ3) is 7.20. The molecule has 1 aromatic heterocycles. The van der Waals surface area contributed by atoms with Crippen LogP contribution in [0.4, 0.5) is 5.82 Å². The highest BCUT2D eigenvalue weighted by Crippen LogP contribution is 2.64. The van der Waals surface area contributed by atoms with E-state index in [9.17, 15) is 19.5 Å². The third-order valence-corrected chi connectivity index (χ3v) is 11.0. The van der Waals surface area contributed by atoms with E-state index in [2.05, 4.69) is 21.9 Å². The Morgan fingerprint density at radius 2 is 1.80 bits per heavy atom. The summed E-state index contributed by atoms with van der Waals surface area (Å²) in [4.78, 5) is 43.1. The van der Waals surface area contributed by atoms with Gasteiger partial charge in [-0.05, 0) is 65.2 Å². The van der Waals surface area contributed by atoms with Crippen LogP contribution in [-0.2, 0) is 33.7 Å². The second kappa shape index (κ2) is 14.4. The van der Waals surface area contributed by atoms with Crippen LogP contribution >= 0.6 is 8.53 Å². The van der Waals surface area contributed by atoms with Gasteiger partial charge in [-0.1, -0.05) is 48.5 Å². The SMILES string of the molecule is Cc1cn([C@@H]2O[C@H](CO)C(O[P@@]3O[C@](C)(c4ccccc4)[C@@H]4CCCN43)[C@@H]2OCOC(=O)C(C)(C)C)c(=O)nc1NC(=O)c1ccccc1. The van der Waals surface area contributed by atoms with Crippen molar-refractivity contribution in [2.24, 2.45) is 5.41 Å². The number of fused-ring (bicyclic) bond motifs is 1. The second-order valence-corrected chi connectivity index (χ2v) is 15.0. The molecule has 3 aromatic rings. The molecule has 0 radical (unpaired) electrons. The predicted octanol–water partition coefficient (Wildman–Crippen LogP) is 4.65. The summed E-state index contributed by atoms with van der Waals surface area (Å²) >= 11 is 0. The maximum absolute atomic E-state index is 13.5. The summed E-state index contributed by atoms with van der Waals surface area (Å²) in [5, 5.41) is 13.2. The topological polar surface area (TPSA) is 151 Å².